The highest BCUT2D eigenvalue weighted by atomic mass is 16.5. The topological polar surface area (TPSA) is 107 Å². The van der Waals surface area contributed by atoms with Crippen LogP contribution in [0.15, 0.2) is 24.3 Å². The Labute approximate surface area is 150 Å². The normalized spacial score (nSPS) is 10.3. The zero-order valence-corrected chi connectivity index (χ0v) is 14.9. The summed E-state index contributed by atoms with van der Waals surface area (Å²) in [5.41, 5.74) is 1.41. The zero-order chi connectivity index (χ0) is 19.1. The molecule has 1 heterocycles. The Morgan fingerprint density at radius 3 is 2.65 bits per heavy atom. The smallest absolute Gasteiger partial charge is 0.340 e. The number of methoxy groups -OCH3 is 1. The largest absolute Gasteiger partial charge is 0.497 e. The number of aryl methyl sites for hydroxylation is 1. The van der Waals surface area contributed by atoms with Gasteiger partial charge in [0.1, 0.15) is 5.75 Å². The molecule has 0 aliphatic heterocycles. The molecule has 1 aromatic carbocycles. The minimum atomic E-state index is -0.705. The second-order valence-electron chi connectivity index (χ2n) is 5.56. The number of fused-ring (bicyclic) bond motifs is 1. The van der Waals surface area contributed by atoms with Gasteiger partial charge in [-0.2, -0.15) is 0 Å². The molecule has 1 aromatic heterocycles. The quantitative estimate of drug-likeness (QED) is 0.764. The summed E-state index contributed by atoms with van der Waals surface area (Å²) in [5, 5.41) is 5.31. The minimum Gasteiger partial charge on any atom is -0.497 e. The van der Waals surface area contributed by atoms with Gasteiger partial charge in [-0.15, -0.1) is 0 Å². The molecule has 2 N–H and O–H groups in total. The summed E-state index contributed by atoms with van der Waals surface area (Å²) in [6.45, 7) is 3.46. The lowest BCUT2D eigenvalue weighted by Crippen LogP contribution is -2.41. The van der Waals surface area contributed by atoms with Crippen molar-refractivity contribution in [3.05, 3.63) is 35.5 Å². The minimum absolute atomic E-state index is 0.255. The molecule has 0 bridgehead atoms. The van der Waals surface area contributed by atoms with Gasteiger partial charge >= 0.3 is 12.0 Å². The summed E-state index contributed by atoms with van der Waals surface area (Å²) in [4.78, 5) is 39.6. The number of ether oxygens (including phenoxy) is 2. The number of urea groups is 1. The Morgan fingerprint density at radius 2 is 1.96 bits per heavy atom. The average molecular weight is 359 g/mol. The number of amides is 3. The van der Waals surface area contributed by atoms with Crippen LogP contribution in [0, 0.1) is 6.92 Å². The number of benzene rings is 1. The van der Waals surface area contributed by atoms with Crippen LogP contribution in [0.2, 0.25) is 0 Å². The molecular formula is C18H21N3O5. The molecule has 8 nitrogen and oxygen atoms in total. The number of esters is 1. The van der Waals surface area contributed by atoms with E-state index in [2.05, 4.69) is 15.6 Å². The van der Waals surface area contributed by atoms with Crippen molar-refractivity contribution in [1.82, 2.24) is 15.6 Å². The Kier molecular flexibility index (Phi) is 6.48. The van der Waals surface area contributed by atoms with Crippen LogP contribution in [-0.4, -0.2) is 43.2 Å². The molecule has 3 amide bonds. The van der Waals surface area contributed by atoms with E-state index in [4.69, 9.17) is 9.47 Å². The fourth-order valence-corrected chi connectivity index (χ4v) is 2.23. The molecule has 0 fully saturated rings. The fraction of sp³-hybridized carbons (Fsp3) is 0.333. The summed E-state index contributed by atoms with van der Waals surface area (Å²) < 4.78 is 10.1. The molecule has 0 spiro atoms. The fourth-order valence-electron chi connectivity index (χ4n) is 2.23. The van der Waals surface area contributed by atoms with Gasteiger partial charge in [-0.25, -0.2) is 9.59 Å². The predicted octanol–water partition coefficient (Wildman–Crippen LogP) is 1.94. The number of hydrogen-bond acceptors (Lipinski definition) is 6. The summed E-state index contributed by atoms with van der Waals surface area (Å²) in [6, 6.07) is 6.33. The van der Waals surface area contributed by atoms with Gasteiger partial charge in [0.2, 0.25) is 0 Å². The van der Waals surface area contributed by atoms with E-state index in [1.165, 1.54) is 0 Å². The van der Waals surface area contributed by atoms with Gasteiger partial charge in [-0.1, -0.05) is 6.92 Å². The molecule has 0 atom stereocenters. The first-order valence-corrected chi connectivity index (χ1v) is 8.14. The van der Waals surface area contributed by atoms with E-state index in [0.717, 1.165) is 11.8 Å². The second kappa shape index (κ2) is 8.80. The van der Waals surface area contributed by atoms with Gasteiger partial charge in [-0.3, -0.25) is 15.1 Å². The van der Waals surface area contributed by atoms with Crippen LogP contribution in [0.1, 0.15) is 29.4 Å². The van der Waals surface area contributed by atoms with Gasteiger partial charge in [0.05, 0.1) is 23.9 Å². The molecule has 0 aliphatic carbocycles. The van der Waals surface area contributed by atoms with Gasteiger partial charge in [0.25, 0.3) is 5.91 Å². The maximum atomic E-state index is 12.2. The first-order valence-electron chi connectivity index (χ1n) is 8.14. The predicted molar refractivity (Wildman–Crippen MR) is 95.1 cm³/mol. The van der Waals surface area contributed by atoms with Crippen molar-refractivity contribution in [1.29, 1.82) is 0 Å². The van der Waals surface area contributed by atoms with E-state index in [0.29, 0.717) is 23.5 Å². The number of aromatic nitrogens is 1. The number of carbonyl (C=O) groups is 3. The molecule has 2 aromatic rings. The van der Waals surface area contributed by atoms with Crippen LogP contribution >= 0.6 is 0 Å². The van der Waals surface area contributed by atoms with Crippen molar-refractivity contribution in [2.24, 2.45) is 0 Å². The van der Waals surface area contributed by atoms with E-state index in [1.54, 1.807) is 38.3 Å². The third-order valence-electron chi connectivity index (χ3n) is 3.56. The van der Waals surface area contributed by atoms with Crippen LogP contribution in [0.5, 0.6) is 5.75 Å². The summed E-state index contributed by atoms with van der Waals surface area (Å²) >= 11 is 0. The van der Waals surface area contributed by atoms with Gasteiger partial charge in [-0.05, 0) is 31.5 Å². The first kappa shape index (κ1) is 19.2. The van der Waals surface area contributed by atoms with Gasteiger partial charge in [0, 0.05) is 18.0 Å². The monoisotopic (exact) mass is 359 g/mol. The maximum Gasteiger partial charge on any atom is 0.340 e. The number of imide groups is 1. The van der Waals surface area contributed by atoms with E-state index in [-0.39, 0.29) is 5.56 Å². The SMILES string of the molecule is CCCNC(=O)NC(=O)COC(=O)c1cc2ccc(OC)cc2nc1C. The molecule has 0 saturated heterocycles. The summed E-state index contributed by atoms with van der Waals surface area (Å²) in [7, 11) is 1.56. The van der Waals surface area contributed by atoms with Crippen LogP contribution < -0.4 is 15.4 Å². The Balaban J connectivity index is 2.02. The lowest BCUT2D eigenvalue weighted by atomic mass is 10.1. The maximum absolute atomic E-state index is 12.2. The molecule has 0 unspecified atom stereocenters. The number of pyridine rings is 1. The first-order chi connectivity index (χ1) is 12.4. The van der Waals surface area contributed by atoms with Crippen molar-refractivity contribution in [2.75, 3.05) is 20.3 Å². The van der Waals surface area contributed by atoms with E-state index in [9.17, 15) is 14.4 Å². The van der Waals surface area contributed by atoms with Crippen molar-refractivity contribution in [3.8, 4) is 5.75 Å². The molecule has 2 rings (SSSR count). The highest BCUT2D eigenvalue weighted by Crippen LogP contribution is 2.22. The van der Waals surface area contributed by atoms with Crippen LogP contribution in [0.4, 0.5) is 4.79 Å². The van der Waals surface area contributed by atoms with Crippen LogP contribution in [0.25, 0.3) is 10.9 Å². The van der Waals surface area contributed by atoms with E-state index in [1.807, 2.05) is 6.92 Å². The number of rotatable bonds is 6. The standard InChI is InChI=1S/C18H21N3O5/c1-4-7-19-18(24)21-16(22)10-26-17(23)14-8-12-5-6-13(25-3)9-15(12)20-11(14)2/h5-6,8-9H,4,7,10H2,1-3H3,(H2,19,21,22,24). The Hall–Kier alpha value is -3.16. The van der Waals surface area contributed by atoms with Crippen molar-refractivity contribution in [2.45, 2.75) is 20.3 Å². The number of carbonyl (C=O) groups excluding carboxylic acids is 3. The molecule has 0 aliphatic rings. The molecular weight excluding hydrogens is 338 g/mol. The van der Waals surface area contributed by atoms with Gasteiger partial charge in [0.15, 0.2) is 6.61 Å². The zero-order valence-electron chi connectivity index (χ0n) is 14.9. The van der Waals surface area contributed by atoms with Crippen molar-refractivity contribution >= 4 is 28.8 Å². The summed E-state index contributed by atoms with van der Waals surface area (Å²) in [6.07, 6.45) is 0.747. The highest BCUT2D eigenvalue weighted by molar-refractivity contribution is 5.98. The highest BCUT2D eigenvalue weighted by Gasteiger charge is 2.16. The van der Waals surface area contributed by atoms with Crippen LogP contribution in [0.3, 0.4) is 0 Å². The third-order valence-corrected chi connectivity index (χ3v) is 3.56. The Bertz CT molecular complexity index is 835. The Morgan fingerprint density at radius 1 is 1.19 bits per heavy atom. The third kappa shape index (κ3) is 4.92. The van der Waals surface area contributed by atoms with Crippen molar-refractivity contribution in [3.63, 3.8) is 0 Å². The van der Waals surface area contributed by atoms with E-state index >= 15 is 0 Å². The second-order valence-corrected chi connectivity index (χ2v) is 5.56. The molecule has 8 heteroatoms. The van der Waals surface area contributed by atoms with Crippen LogP contribution in [-0.2, 0) is 9.53 Å². The number of nitrogens with zero attached hydrogens (tertiary/aromatic N) is 1. The number of nitrogens with one attached hydrogen (secondary N) is 2. The average Bonchev–Trinajstić information content (AvgIpc) is 2.63. The summed E-state index contributed by atoms with van der Waals surface area (Å²) in [5.74, 6) is -0.724. The molecule has 26 heavy (non-hydrogen) atoms. The molecule has 138 valence electrons. The lowest BCUT2D eigenvalue weighted by Gasteiger charge is -2.09. The molecule has 0 radical (unpaired) electrons. The molecule has 0 saturated carbocycles. The number of hydrogen-bond donors (Lipinski definition) is 2. The lowest BCUT2D eigenvalue weighted by molar-refractivity contribution is -0.123. The van der Waals surface area contributed by atoms with Crippen molar-refractivity contribution < 1.29 is 23.9 Å². The van der Waals surface area contributed by atoms with E-state index < -0.39 is 24.5 Å². The van der Waals surface area contributed by atoms with Gasteiger partial charge < -0.3 is 14.8 Å².